The maximum Gasteiger partial charge on any atom is 0.407 e. The summed E-state index contributed by atoms with van der Waals surface area (Å²) in [5.74, 6) is 0.702. The van der Waals surface area contributed by atoms with E-state index in [-0.39, 0.29) is 56.6 Å². The van der Waals surface area contributed by atoms with E-state index in [0.717, 1.165) is 12.0 Å². The van der Waals surface area contributed by atoms with Gasteiger partial charge in [-0.3, -0.25) is 0 Å². The Morgan fingerprint density at radius 2 is 1.91 bits per heavy atom. The third-order valence-corrected chi connectivity index (χ3v) is 9.88. The van der Waals surface area contributed by atoms with Gasteiger partial charge in [0.15, 0.2) is 17.8 Å². The van der Waals surface area contributed by atoms with E-state index in [1.807, 2.05) is 44.2 Å². The van der Waals surface area contributed by atoms with Crippen LogP contribution in [0.5, 0.6) is 11.5 Å². The Morgan fingerprint density at radius 3 is 2.67 bits per heavy atom. The third-order valence-electron chi connectivity index (χ3n) is 8.08. The first-order valence-corrected chi connectivity index (χ1v) is 15.9. The second-order valence-corrected chi connectivity index (χ2v) is 13.9. The monoisotopic (exact) mass is 620 g/mol. The van der Waals surface area contributed by atoms with Crippen LogP contribution in [-0.4, -0.2) is 93.3 Å². The summed E-state index contributed by atoms with van der Waals surface area (Å²) in [5, 5.41) is 24.0. The molecule has 236 valence electrons. The number of nitrogens with one attached hydrogen (secondary N) is 1. The van der Waals surface area contributed by atoms with Crippen molar-refractivity contribution in [3.05, 3.63) is 54.1 Å². The van der Waals surface area contributed by atoms with Gasteiger partial charge in [-0.25, -0.2) is 13.2 Å². The number of amides is 1. The maximum atomic E-state index is 14.0. The SMILES string of the molecule is CC(C)(CCO)CN(CC(O)C(Cc1ccccc1)NC(=O)OC1COC2OCCC12)S(=O)(=O)c1ccc2c(c1)OCO2. The minimum atomic E-state index is -4.15. The first-order valence-electron chi connectivity index (χ1n) is 14.5. The number of fused-ring (bicyclic) bond motifs is 2. The number of sulfonamides is 1. The van der Waals surface area contributed by atoms with Crippen LogP contribution in [0.15, 0.2) is 53.4 Å². The molecule has 3 N–H and O–H groups in total. The molecule has 0 spiro atoms. The minimum absolute atomic E-state index is 0.00482. The van der Waals surface area contributed by atoms with E-state index in [9.17, 15) is 23.4 Å². The normalized spacial score (nSPS) is 22.8. The lowest BCUT2D eigenvalue weighted by Crippen LogP contribution is -2.52. The van der Waals surface area contributed by atoms with Crippen molar-refractivity contribution in [3.63, 3.8) is 0 Å². The van der Waals surface area contributed by atoms with Crippen LogP contribution < -0.4 is 14.8 Å². The van der Waals surface area contributed by atoms with E-state index >= 15 is 0 Å². The lowest BCUT2D eigenvalue weighted by molar-refractivity contribution is -0.0907. The van der Waals surface area contributed by atoms with E-state index < -0.39 is 39.8 Å². The fourth-order valence-corrected chi connectivity index (χ4v) is 7.31. The van der Waals surface area contributed by atoms with Gasteiger partial charge in [0.2, 0.25) is 16.8 Å². The highest BCUT2D eigenvalue weighted by Crippen LogP contribution is 2.36. The second kappa shape index (κ2) is 13.4. The Labute approximate surface area is 251 Å². The Balaban J connectivity index is 1.37. The fraction of sp³-hybridized carbons (Fsp3) is 0.567. The highest BCUT2D eigenvalue weighted by Gasteiger charge is 2.44. The molecule has 5 atom stereocenters. The number of carbonyl (C=O) groups is 1. The molecule has 13 heteroatoms. The summed E-state index contributed by atoms with van der Waals surface area (Å²) < 4.78 is 56.7. The largest absolute Gasteiger partial charge is 0.454 e. The van der Waals surface area contributed by atoms with E-state index in [4.69, 9.17) is 23.7 Å². The smallest absolute Gasteiger partial charge is 0.407 e. The number of aliphatic hydroxyl groups excluding tert-OH is 2. The number of aliphatic hydroxyl groups is 2. The Kier molecular flexibility index (Phi) is 9.79. The minimum Gasteiger partial charge on any atom is -0.454 e. The third kappa shape index (κ3) is 7.59. The summed E-state index contributed by atoms with van der Waals surface area (Å²) in [5.41, 5.74) is 0.215. The van der Waals surface area contributed by atoms with Crippen LogP contribution in [0.3, 0.4) is 0 Å². The zero-order valence-corrected chi connectivity index (χ0v) is 25.2. The van der Waals surface area contributed by atoms with E-state index in [2.05, 4.69) is 5.32 Å². The molecule has 1 amide bonds. The molecule has 43 heavy (non-hydrogen) atoms. The van der Waals surface area contributed by atoms with E-state index in [1.165, 1.54) is 22.5 Å². The van der Waals surface area contributed by atoms with Crippen LogP contribution in [0.25, 0.3) is 0 Å². The molecule has 3 aliphatic rings. The van der Waals surface area contributed by atoms with Crippen LogP contribution in [0.2, 0.25) is 0 Å². The predicted molar refractivity (Wildman–Crippen MR) is 154 cm³/mol. The molecule has 2 aromatic rings. The number of rotatable bonds is 13. The van der Waals surface area contributed by atoms with Gasteiger partial charge < -0.3 is 39.2 Å². The zero-order chi connectivity index (χ0) is 30.6. The van der Waals surface area contributed by atoms with Crippen molar-refractivity contribution < 1.29 is 47.1 Å². The summed E-state index contributed by atoms with van der Waals surface area (Å²) in [6.07, 6.45) is -1.63. The molecular formula is C30H40N2O10S. The van der Waals surface area contributed by atoms with E-state index in [0.29, 0.717) is 24.5 Å². The molecular weight excluding hydrogens is 580 g/mol. The average Bonchev–Trinajstić information content (AvgIpc) is 3.71. The van der Waals surface area contributed by atoms with Gasteiger partial charge in [0.05, 0.1) is 36.2 Å². The molecule has 5 unspecified atom stereocenters. The highest BCUT2D eigenvalue weighted by atomic mass is 32.2. The Bertz CT molecular complexity index is 1360. The van der Waals surface area contributed by atoms with Crippen molar-refractivity contribution in [1.82, 2.24) is 9.62 Å². The molecule has 2 fully saturated rings. The number of ether oxygens (including phenoxy) is 5. The lowest BCUT2D eigenvalue weighted by Gasteiger charge is -2.35. The molecule has 2 aromatic carbocycles. The van der Waals surface area contributed by atoms with Gasteiger partial charge in [-0.05, 0) is 42.4 Å². The molecule has 3 aliphatic heterocycles. The van der Waals surface area contributed by atoms with Gasteiger partial charge in [0.1, 0.15) is 6.10 Å². The van der Waals surface area contributed by atoms with Crippen molar-refractivity contribution in [3.8, 4) is 11.5 Å². The lowest BCUT2D eigenvalue weighted by atomic mass is 9.89. The van der Waals surface area contributed by atoms with Crippen molar-refractivity contribution in [1.29, 1.82) is 0 Å². The second-order valence-electron chi connectivity index (χ2n) is 11.9. The van der Waals surface area contributed by atoms with Crippen molar-refractivity contribution in [2.24, 2.45) is 11.3 Å². The Morgan fingerprint density at radius 1 is 1.14 bits per heavy atom. The summed E-state index contributed by atoms with van der Waals surface area (Å²) in [6, 6.07) is 12.8. The number of benzene rings is 2. The maximum absolute atomic E-state index is 14.0. The quantitative estimate of drug-likeness (QED) is 0.304. The molecule has 0 radical (unpaired) electrons. The summed E-state index contributed by atoms with van der Waals surface area (Å²) in [4.78, 5) is 13.1. The topological polar surface area (TPSA) is 153 Å². The number of alkyl carbamates (subject to hydrolysis) is 1. The highest BCUT2D eigenvalue weighted by molar-refractivity contribution is 7.89. The van der Waals surface area contributed by atoms with Gasteiger partial charge in [-0.1, -0.05) is 44.2 Å². The fourth-order valence-electron chi connectivity index (χ4n) is 5.65. The number of hydrogen-bond donors (Lipinski definition) is 3. The molecule has 0 bridgehead atoms. The number of nitrogens with zero attached hydrogens (tertiary/aromatic N) is 1. The predicted octanol–water partition coefficient (Wildman–Crippen LogP) is 2.27. The van der Waals surface area contributed by atoms with Crippen LogP contribution >= 0.6 is 0 Å². The Hall–Kier alpha value is -2.94. The molecule has 2 saturated heterocycles. The molecule has 0 aliphatic carbocycles. The summed E-state index contributed by atoms with van der Waals surface area (Å²) in [6.45, 7) is 3.99. The molecule has 3 heterocycles. The van der Waals surface area contributed by atoms with Crippen molar-refractivity contribution in [2.75, 3.05) is 39.7 Å². The summed E-state index contributed by atoms with van der Waals surface area (Å²) in [7, 11) is -4.15. The van der Waals surface area contributed by atoms with Crippen LogP contribution in [0.4, 0.5) is 4.79 Å². The van der Waals surface area contributed by atoms with Crippen LogP contribution in [0.1, 0.15) is 32.3 Å². The van der Waals surface area contributed by atoms with Crippen molar-refractivity contribution in [2.45, 2.75) is 62.5 Å². The average molecular weight is 621 g/mol. The standard InChI is InChI=1S/C30H40N2O10S/c1-30(2,11-12-33)18-32(43(36,37)21-8-9-25-26(15-21)41-19-40-25)16-24(34)23(14-20-6-4-3-5-7-20)31-29(35)42-27-17-39-28-22(27)10-13-38-28/h3-9,15,22-24,27-28,33-34H,10-14,16-19H2,1-2H3,(H,31,35). The van der Waals surface area contributed by atoms with Crippen molar-refractivity contribution >= 4 is 16.1 Å². The zero-order valence-electron chi connectivity index (χ0n) is 24.4. The number of carbonyl (C=O) groups excluding carboxylic acids is 1. The van der Waals surface area contributed by atoms with Gasteiger partial charge in [-0.15, -0.1) is 0 Å². The van der Waals surface area contributed by atoms with Crippen LogP contribution in [-0.2, 0) is 30.7 Å². The molecule has 0 saturated carbocycles. The molecule has 12 nitrogen and oxygen atoms in total. The summed E-state index contributed by atoms with van der Waals surface area (Å²) >= 11 is 0. The first-order chi connectivity index (χ1) is 20.6. The molecule has 5 rings (SSSR count). The van der Waals surface area contributed by atoms with Gasteiger partial charge in [0, 0.05) is 25.8 Å². The van der Waals surface area contributed by atoms with Crippen LogP contribution in [0, 0.1) is 11.3 Å². The number of hydrogen-bond acceptors (Lipinski definition) is 10. The van der Waals surface area contributed by atoms with Gasteiger partial charge in [-0.2, -0.15) is 4.31 Å². The molecule has 0 aromatic heterocycles. The first kappa shape index (κ1) is 31.5. The van der Waals surface area contributed by atoms with E-state index in [1.54, 1.807) is 0 Å². The van der Waals surface area contributed by atoms with Gasteiger partial charge >= 0.3 is 6.09 Å². The van der Waals surface area contributed by atoms with Gasteiger partial charge in [0.25, 0.3) is 0 Å².